The molecule has 1 N–H and O–H groups in total. The first-order chi connectivity index (χ1) is 9.42. The molecule has 0 aliphatic rings. The molecule has 0 amide bonds. The van der Waals surface area contributed by atoms with Gasteiger partial charge in [0.25, 0.3) is 0 Å². The number of alkyl halides is 1. The molecule has 1 unspecified atom stereocenters. The smallest absolute Gasteiger partial charge is 0.210 e. The molecule has 6 heteroatoms. The lowest BCUT2D eigenvalue weighted by Gasteiger charge is -2.22. The highest BCUT2D eigenvalue weighted by atomic mass is 79.9. The summed E-state index contributed by atoms with van der Waals surface area (Å²) in [5.74, 6) is -0.421. The molecular formula is C15H23BrFNO2S. The monoisotopic (exact) mass is 379 g/mol. The van der Waals surface area contributed by atoms with E-state index in [2.05, 4.69) is 41.4 Å². The van der Waals surface area contributed by atoms with E-state index in [1.807, 2.05) is 0 Å². The van der Waals surface area contributed by atoms with Gasteiger partial charge in [-0.2, -0.15) is 0 Å². The first-order valence-electron chi connectivity index (χ1n) is 6.83. The van der Waals surface area contributed by atoms with E-state index in [1.165, 1.54) is 12.1 Å². The van der Waals surface area contributed by atoms with Crippen LogP contribution in [0.15, 0.2) is 17.0 Å². The SMILES string of the molecule is Cc1cc(F)cc(C)c1S(=O)(=O)NCC(Br)CC(C)(C)C. The molecular weight excluding hydrogens is 357 g/mol. The van der Waals surface area contributed by atoms with Gasteiger partial charge in [0, 0.05) is 11.4 Å². The summed E-state index contributed by atoms with van der Waals surface area (Å²) < 4.78 is 40.7. The number of halogens is 2. The lowest BCUT2D eigenvalue weighted by atomic mass is 9.91. The largest absolute Gasteiger partial charge is 0.241 e. The van der Waals surface area contributed by atoms with Crippen LogP contribution in [0.3, 0.4) is 0 Å². The van der Waals surface area contributed by atoms with Crippen LogP contribution in [0.5, 0.6) is 0 Å². The third-order valence-electron chi connectivity index (χ3n) is 3.02. The van der Waals surface area contributed by atoms with Gasteiger partial charge in [-0.3, -0.25) is 0 Å². The molecule has 0 heterocycles. The second kappa shape index (κ2) is 6.75. The van der Waals surface area contributed by atoms with Gasteiger partial charge in [0.2, 0.25) is 10.0 Å². The molecule has 1 rings (SSSR count). The Bertz CT molecular complexity index is 586. The van der Waals surface area contributed by atoms with Crippen LogP contribution in [-0.4, -0.2) is 19.8 Å². The Hall–Kier alpha value is -0.460. The third-order valence-corrected chi connectivity index (χ3v) is 5.40. The number of rotatable bonds is 5. The molecule has 0 bridgehead atoms. The van der Waals surface area contributed by atoms with E-state index in [4.69, 9.17) is 0 Å². The summed E-state index contributed by atoms with van der Waals surface area (Å²) in [7, 11) is -3.64. The van der Waals surface area contributed by atoms with Crippen molar-refractivity contribution in [1.82, 2.24) is 4.72 Å². The van der Waals surface area contributed by atoms with Crippen LogP contribution in [-0.2, 0) is 10.0 Å². The molecule has 120 valence electrons. The van der Waals surface area contributed by atoms with Crippen molar-refractivity contribution in [3.05, 3.63) is 29.1 Å². The van der Waals surface area contributed by atoms with Gasteiger partial charge >= 0.3 is 0 Å². The lowest BCUT2D eigenvalue weighted by Crippen LogP contribution is -2.32. The maximum Gasteiger partial charge on any atom is 0.241 e. The predicted molar refractivity (Wildman–Crippen MR) is 87.8 cm³/mol. The standard InChI is InChI=1S/C15H23BrFNO2S/c1-10-6-13(17)7-11(2)14(10)21(19,20)18-9-12(16)8-15(3,4)5/h6-7,12,18H,8-9H2,1-5H3. The van der Waals surface area contributed by atoms with E-state index >= 15 is 0 Å². The summed E-state index contributed by atoms with van der Waals surface area (Å²) in [5, 5.41) is 0. The van der Waals surface area contributed by atoms with Crippen LogP contribution in [0.4, 0.5) is 4.39 Å². The van der Waals surface area contributed by atoms with Gasteiger partial charge in [-0.1, -0.05) is 36.7 Å². The number of sulfonamides is 1. The molecule has 1 atom stereocenters. The molecule has 0 aromatic heterocycles. The summed E-state index contributed by atoms with van der Waals surface area (Å²) in [5.41, 5.74) is 0.949. The number of aryl methyl sites for hydroxylation is 2. The second-order valence-corrected chi connectivity index (χ2v) is 9.58. The Morgan fingerprint density at radius 1 is 1.24 bits per heavy atom. The first kappa shape index (κ1) is 18.6. The van der Waals surface area contributed by atoms with E-state index < -0.39 is 15.8 Å². The Balaban J connectivity index is 2.89. The molecule has 3 nitrogen and oxygen atoms in total. The van der Waals surface area contributed by atoms with E-state index in [0.717, 1.165) is 6.42 Å². The third kappa shape index (κ3) is 5.68. The molecule has 0 saturated heterocycles. The zero-order valence-electron chi connectivity index (χ0n) is 13.1. The van der Waals surface area contributed by atoms with Gasteiger partial charge in [0.1, 0.15) is 5.82 Å². The molecule has 21 heavy (non-hydrogen) atoms. The van der Waals surface area contributed by atoms with Crippen molar-refractivity contribution < 1.29 is 12.8 Å². The molecule has 0 radical (unpaired) electrons. The summed E-state index contributed by atoms with van der Waals surface area (Å²) in [6.07, 6.45) is 0.844. The van der Waals surface area contributed by atoms with E-state index in [1.54, 1.807) is 13.8 Å². The van der Waals surface area contributed by atoms with Crippen molar-refractivity contribution in [2.24, 2.45) is 5.41 Å². The van der Waals surface area contributed by atoms with E-state index in [9.17, 15) is 12.8 Å². The summed E-state index contributed by atoms with van der Waals surface area (Å²) in [6, 6.07) is 2.48. The Morgan fingerprint density at radius 3 is 2.14 bits per heavy atom. The summed E-state index contributed by atoms with van der Waals surface area (Å²) in [4.78, 5) is 0.215. The van der Waals surface area contributed by atoms with Crippen LogP contribution in [0.25, 0.3) is 0 Å². The highest BCUT2D eigenvalue weighted by molar-refractivity contribution is 9.09. The quantitative estimate of drug-likeness (QED) is 0.787. The number of nitrogens with one attached hydrogen (secondary N) is 1. The highest BCUT2D eigenvalue weighted by Gasteiger charge is 2.23. The molecule has 1 aromatic rings. The molecule has 1 aromatic carbocycles. The van der Waals surface area contributed by atoms with Crippen molar-refractivity contribution >= 4 is 26.0 Å². The zero-order chi connectivity index (χ0) is 16.4. The number of hydrogen-bond acceptors (Lipinski definition) is 2. The minimum Gasteiger partial charge on any atom is -0.210 e. The zero-order valence-corrected chi connectivity index (χ0v) is 15.5. The number of benzene rings is 1. The second-order valence-electron chi connectivity index (χ2n) is 6.58. The molecule has 0 fully saturated rings. The van der Waals surface area contributed by atoms with Crippen molar-refractivity contribution in [1.29, 1.82) is 0 Å². The normalized spacial score (nSPS) is 14.2. The van der Waals surface area contributed by atoms with Gasteiger partial charge in [-0.05, 0) is 48.9 Å². The van der Waals surface area contributed by atoms with Crippen molar-refractivity contribution in [2.45, 2.75) is 50.8 Å². The topological polar surface area (TPSA) is 46.2 Å². The van der Waals surface area contributed by atoms with Crippen molar-refractivity contribution in [3.63, 3.8) is 0 Å². The van der Waals surface area contributed by atoms with Crippen molar-refractivity contribution in [3.8, 4) is 0 Å². The van der Waals surface area contributed by atoms with Crippen LogP contribution >= 0.6 is 15.9 Å². The van der Waals surface area contributed by atoms with E-state index in [0.29, 0.717) is 17.7 Å². The highest BCUT2D eigenvalue weighted by Crippen LogP contribution is 2.25. The minimum absolute atomic E-state index is 0.0494. The average molecular weight is 380 g/mol. The minimum atomic E-state index is -3.64. The summed E-state index contributed by atoms with van der Waals surface area (Å²) in [6.45, 7) is 9.81. The fourth-order valence-corrected chi connectivity index (χ4v) is 5.21. The fourth-order valence-electron chi connectivity index (χ4n) is 2.33. The Labute approximate surface area is 135 Å². The van der Waals surface area contributed by atoms with E-state index in [-0.39, 0.29) is 15.1 Å². The van der Waals surface area contributed by atoms with Crippen LogP contribution < -0.4 is 4.72 Å². The molecule has 0 spiro atoms. The Morgan fingerprint density at radius 2 is 1.71 bits per heavy atom. The number of hydrogen-bond donors (Lipinski definition) is 1. The van der Waals surface area contributed by atoms with Gasteiger partial charge in [-0.25, -0.2) is 17.5 Å². The average Bonchev–Trinajstić information content (AvgIpc) is 2.22. The maximum atomic E-state index is 13.3. The van der Waals surface area contributed by atoms with Crippen LogP contribution in [0, 0.1) is 25.1 Å². The molecule has 0 aliphatic heterocycles. The Kier molecular flexibility index (Phi) is 5.98. The molecule has 0 saturated carbocycles. The predicted octanol–water partition coefficient (Wildman–Crippen LogP) is 3.92. The van der Waals surface area contributed by atoms with Gasteiger partial charge in [-0.15, -0.1) is 0 Å². The van der Waals surface area contributed by atoms with Gasteiger partial charge in [0.05, 0.1) is 4.90 Å². The van der Waals surface area contributed by atoms with Crippen molar-refractivity contribution in [2.75, 3.05) is 6.54 Å². The maximum absolute atomic E-state index is 13.3. The van der Waals surface area contributed by atoms with Crippen LogP contribution in [0.2, 0.25) is 0 Å². The first-order valence-corrected chi connectivity index (χ1v) is 9.23. The molecule has 0 aliphatic carbocycles. The summed E-state index contributed by atoms with van der Waals surface area (Å²) >= 11 is 3.50. The fraction of sp³-hybridized carbons (Fsp3) is 0.600. The van der Waals surface area contributed by atoms with Gasteiger partial charge in [0.15, 0.2) is 0 Å². The van der Waals surface area contributed by atoms with Crippen LogP contribution in [0.1, 0.15) is 38.3 Å². The lowest BCUT2D eigenvalue weighted by molar-refractivity contribution is 0.373. The van der Waals surface area contributed by atoms with Gasteiger partial charge < -0.3 is 0 Å².